The van der Waals surface area contributed by atoms with Gasteiger partial charge in [0, 0.05) is 0 Å². The van der Waals surface area contributed by atoms with E-state index in [0.29, 0.717) is 6.42 Å². The molecule has 0 atom stereocenters. The molecule has 0 aliphatic carbocycles. The Morgan fingerprint density at radius 3 is 1.79 bits per heavy atom. The fourth-order valence-corrected chi connectivity index (χ4v) is 0.902. The lowest BCUT2D eigenvalue weighted by molar-refractivity contribution is 0.193. The van der Waals surface area contributed by atoms with Gasteiger partial charge in [-0.05, 0) is 6.42 Å². The molecule has 14 heavy (non-hydrogen) atoms. The molecule has 0 aromatic carbocycles. The van der Waals surface area contributed by atoms with Gasteiger partial charge in [0.25, 0.3) is 0 Å². The van der Waals surface area contributed by atoms with Crippen LogP contribution < -0.4 is 0 Å². The predicted octanol–water partition coefficient (Wildman–Crippen LogP) is 3.09. The molecule has 0 rings (SSSR count). The van der Waals surface area contributed by atoms with Gasteiger partial charge in [0.15, 0.2) is 0 Å². The molecule has 0 aliphatic rings. The summed E-state index contributed by atoms with van der Waals surface area (Å²) in [7, 11) is -4.21. The molecular weight excluding hydrogens is 203 g/mol. The summed E-state index contributed by atoms with van der Waals surface area (Å²) in [5.74, 6) is 0. The zero-order chi connectivity index (χ0) is 11.4. The van der Waals surface area contributed by atoms with Crippen LogP contribution in [0.4, 0.5) is 0 Å². The number of rotatable bonds is 6. The molecule has 0 saturated carbocycles. The van der Waals surface area contributed by atoms with E-state index in [0.717, 1.165) is 12.8 Å². The third-order valence-corrected chi connectivity index (χ3v) is 2.03. The lowest BCUT2D eigenvalue weighted by Crippen LogP contribution is -1.91. The van der Waals surface area contributed by atoms with Gasteiger partial charge in [-0.1, -0.05) is 46.5 Å². The Labute approximate surface area is 86.9 Å². The maximum absolute atomic E-state index is 10.1. The molecule has 0 saturated heterocycles. The topological polar surface area (TPSA) is 66.8 Å². The molecule has 88 valence electrons. The van der Waals surface area contributed by atoms with Crippen molar-refractivity contribution in [3.8, 4) is 0 Å². The van der Waals surface area contributed by atoms with Crippen LogP contribution in [0.1, 0.15) is 52.9 Å². The molecule has 0 unspecified atom stereocenters. The lowest BCUT2D eigenvalue weighted by atomic mass is 10.3. The first-order valence-corrected chi connectivity index (χ1v) is 6.71. The van der Waals surface area contributed by atoms with Gasteiger partial charge in [0.2, 0.25) is 0 Å². The molecular formula is C9H23O4P. The number of unbranched alkanes of at least 4 members (excludes halogenated alkanes) is 3. The summed E-state index contributed by atoms with van der Waals surface area (Å²) in [6.07, 6.45) is 5.31. The molecule has 0 fully saturated rings. The highest BCUT2D eigenvalue weighted by Crippen LogP contribution is 2.35. The SMILES string of the molecule is CCCC.CCCCCOP(=O)(O)O. The number of hydrogen-bond donors (Lipinski definition) is 2. The Morgan fingerprint density at radius 2 is 1.50 bits per heavy atom. The van der Waals surface area contributed by atoms with Crippen LogP contribution in [0, 0.1) is 0 Å². The minimum absolute atomic E-state index is 0.151. The highest BCUT2D eigenvalue weighted by molar-refractivity contribution is 7.46. The summed E-state index contributed by atoms with van der Waals surface area (Å²) >= 11 is 0. The molecule has 0 radical (unpaired) electrons. The molecule has 5 heteroatoms. The van der Waals surface area contributed by atoms with E-state index in [1.54, 1.807) is 0 Å². The maximum atomic E-state index is 10.1. The van der Waals surface area contributed by atoms with E-state index < -0.39 is 7.82 Å². The number of phosphoric ester groups is 1. The number of hydrogen-bond acceptors (Lipinski definition) is 2. The smallest absolute Gasteiger partial charge is 0.303 e. The van der Waals surface area contributed by atoms with Crippen molar-refractivity contribution in [1.82, 2.24) is 0 Å². The van der Waals surface area contributed by atoms with Crippen LogP contribution >= 0.6 is 7.82 Å². The first-order valence-electron chi connectivity index (χ1n) is 5.18. The summed E-state index contributed by atoms with van der Waals surface area (Å²) in [6.45, 7) is 6.52. The van der Waals surface area contributed by atoms with Crippen molar-refractivity contribution >= 4 is 7.82 Å². The van der Waals surface area contributed by atoms with Crippen molar-refractivity contribution in [3.63, 3.8) is 0 Å². The zero-order valence-electron chi connectivity index (χ0n) is 9.40. The van der Waals surface area contributed by atoms with E-state index in [1.807, 2.05) is 6.92 Å². The average Bonchev–Trinajstić information content (AvgIpc) is 2.11. The van der Waals surface area contributed by atoms with Gasteiger partial charge in [0.1, 0.15) is 0 Å². The van der Waals surface area contributed by atoms with Gasteiger partial charge < -0.3 is 9.79 Å². The summed E-state index contributed by atoms with van der Waals surface area (Å²) in [5.41, 5.74) is 0. The largest absolute Gasteiger partial charge is 0.469 e. The molecule has 0 aromatic heterocycles. The summed E-state index contributed by atoms with van der Waals surface area (Å²) in [4.78, 5) is 16.4. The zero-order valence-corrected chi connectivity index (χ0v) is 10.3. The van der Waals surface area contributed by atoms with Gasteiger partial charge in [-0.2, -0.15) is 0 Å². The molecule has 0 heterocycles. The molecule has 0 bridgehead atoms. The minimum atomic E-state index is -4.21. The van der Waals surface area contributed by atoms with Crippen molar-refractivity contribution in [2.45, 2.75) is 52.9 Å². The minimum Gasteiger partial charge on any atom is -0.303 e. The van der Waals surface area contributed by atoms with E-state index in [-0.39, 0.29) is 6.61 Å². The van der Waals surface area contributed by atoms with Crippen LogP contribution in [-0.2, 0) is 9.09 Å². The predicted molar refractivity (Wildman–Crippen MR) is 58.1 cm³/mol. The van der Waals surface area contributed by atoms with E-state index in [1.165, 1.54) is 12.8 Å². The molecule has 4 nitrogen and oxygen atoms in total. The fraction of sp³-hybridized carbons (Fsp3) is 1.00. The third-order valence-electron chi connectivity index (χ3n) is 1.51. The van der Waals surface area contributed by atoms with E-state index >= 15 is 0 Å². The van der Waals surface area contributed by atoms with Crippen LogP contribution in [0.5, 0.6) is 0 Å². The quantitative estimate of drug-likeness (QED) is 0.539. The average molecular weight is 226 g/mol. The van der Waals surface area contributed by atoms with Crippen molar-refractivity contribution < 1.29 is 18.9 Å². The second-order valence-electron chi connectivity index (χ2n) is 3.03. The van der Waals surface area contributed by atoms with Crippen LogP contribution in [0.2, 0.25) is 0 Å². The van der Waals surface area contributed by atoms with Gasteiger partial charge >= 0.3 is 7.82 Å². The second-order valence-corrected chi connectivity index (χ2v) is 4.27. The van der Waals surface area contributed by atoms with Crippen LogP contribution in [-0.4, -0.2) is 16.4 Å². The highest BCUT2D eigenvalue weighted by Gasteiger charge is 2.11. The molecule has 0 aliphatic heterocycles. The fourth-order valence-electron chi connectivity index (χ4n) is 0.536. The second kappa shape index (κ2) is 11.2. The summed E-state index contributed by atoms with van der Waals surface area (Å²) in [5, 5.41) is 0. The van der Waals surface area contributed by atoms with Crippen molar-refractivity contribution in [1.29, 1.82) is 0 Å². The van der Waals surface area contributed by atoms with Gasteiger partial charge in [-0.15, -0.1) is 0 Å². The Hall–Kier alpha value is 0.110. The number of phosphoric acid groups is 1. The van der Waals surface area contributed by atoms with Crippen LogP contribution in [0.15, 0.2) is 0 Å². The third kappa shape index (κ3) is 22.7. The lowest BCUT2D eigenvalue weighted by Gasteiger charge is -2.02. The van der Waals surface area contributed by atoms with E-state index in [4.69, 9.17) is 9.79 Å². The van der Waals surface area contributed by atoms with Gasteiger partial charge in [-0.3, -0.25) is 4.52 Å². The van der Waals surface area contributed by atoms with Crippen LogP contribution in [0.3, 0.4) is 0 Å². The Morgan fingerprint density at radius 1 is 1.00 bits per heavy atom. The van der Waals surface area contributed by atoms with Crippen molar-refractivity contribution in [3.05, 3.63) is 0 Å². The monoisotopic (exact) mass is 226 g/mol. The molecule has 0 amide bonds. The molecule has 2 N–H and O–H groups in total. The first kappa shape index (κ1) is 16.5. The Balaban J connectivity index is 0. The molecule has 0 aromatic rings. The summed E-state index contributed by atoms with van der Waals surface area (Å²) in [6, 6.07) is 0. The van der Waals surface area contributed by atoms with E-state index in [9.17, 15) is 4.57 Å². The standard InChI is InChI=1S/C5H13O4P.C4H10/c1-2-3-4-5-9-10(6,7)8;1-3-4-2/h2-5H2,1H3,(H2,6,7,8);3-4H2,1-2H3. The maximum Gasteiger partial charge on any atom is 0.469 e. The van der Waals surface area contributed by atoms with E-state index in [2.05, 4.69) is 18.4 Å². The normalized spacial score (nSPS) is 10.6. The summed E-state index contributed by atoms with van der Waals surface area (Å²) < 4.78 is 14.3. The van der Waals surface area contributed by atoms with Gasteiger partial charge in [-0.25, -0.2) is 4.57 Å². The van der Waals surface area contributed by atoms with Crippen molar-refractivity contribution in [2.75, 3.05) is 6.61 Å². The molecule has 0 spiro atoms. The van der Waals surface area contributed by atoms with Crippen LogP contribution in [0.25, 0.3) is 0 Å². The first-order chi connectivity index (χ1) is 6.47. The van der Waals surface area contributed by atoms with Crippen molar-refractivity contribution in [2.24, 2.45) is 0 Å². The van der Waals surface area contributed by atoms with Gasteiger partial charge in [0.05, 0.1) is 6.61 Å². The highest BCUT2D eigenvalue weighted by atomic mass is 31.2. The Bertz CT molecular complexity index is 142. The Kier molecular flexibility index (Phi) is 13.2.